The van der Waals surface area contributed by atoms with Crippen LogP contribution in [0.3, 0.4) is 0 Å². The van der Waals surface area contributed by atoms with Crippen molar-refractivity contribution in [1.82, 2.24) is 10.6 Å². The molecule has 1 aromatic carbocycles. The highest BCUT2D eigenvalue weighted by Crippen LogP contribution is 2.25. The molecule has 0 aromatic heterocycles. The molecule has 1 unspecified atom stereocenters. The van der Waals surface area contributed by atoms with Crippen LogP contribution in [0.25, 0.3) is 0 Å². The van der Waals surface area contributed by atoms with Crippen molar-refractivity contribution in [2.24, 2.45) is 0 Å². The molecule has 5 nitrogen and oxygen atoms in total. The van der Waals surface area contributed by atoms with Gasteiger partial charge in [0.2, 0.25) is 0 Å². The number of benzene rings is 1. The Bertz CT molecular complexity index is 427. The Labute approximate surface area is 122 Å². The largest absolute Gasteiger partial charge is 0.392 e. The van der Waals surface area contributed by atoms with Crippen LogP contribution in [0, 0.1) is 0 Å². The van der Waals surface area contributed by atoms with E-state index >= 15 is 0 Å². The van der Waals surface area contributed by atoms with Crippen LogP contribution in [-0.2, 0) is 0 Å². The van der Waals surface area contributed by atoms with Gasteiger partial charge in [-0.25, -0.2) is 4.79 Å². The number of anilines is 1. The van der Waals surface area contributed by atoms with Crippen LogP contribution >= 0.6 is 23.2 Å². The zero-order valence-electron chi connectivity index (χ0n) is 10.5. The molecule has 0 saturated carbocycles. The SMILES string of the molecule is CC(O)CNCCNC(=O)Nc1cc(Cl)ccc1Cl. The van der Waals surface area contributed by atoms with Gasteiger partial charge in [0.1, 0.15) is 0 Å². The summed E-state index contributed by atoms with van der Waals surface area (Å²) in [4.78, 5) is 11.6. The summed E-state index contributed by atoms with van der Waals surface area (Å²) in [5.41, 5.74) is 0.462. The lowest BCUT2D eigenvalue weighted by Gasteiger charge is -2.10. The lowest BCUT2D eigenvalue weighted by Crippen LogP contribution is -2.36. The van der Waals surface area contributed by atoms with E-state index in [2.05, 4.69) is 16.0 Å². The molecular weight excluding hydrogens is 289 g/mol. The maximum atomic E-state index is 11.6. The molecule has 0 spiro atoms. The second-order valence-electron chi connectivity index (χ2n) is 4.06. The van der Waals surface area contributed by atoms with Gasteiger partial charge in [-0.2, -0.15) is 0 Å². The number of urea groups is 1. The van der Waals surface area contributed by atoms with Crippen LogP contribution in [0.4, 0.5) is 10.5 Å². The molecule has 1 atom stereocenters. The molecule has 1 rings (SSSR count). The number of carbonyl (C=O) groups excluding carboxylic acids is 1. The summed E-state index contributed by atoms with van der Waals surface area (Å²) in [6, 6.07) is 4.48. The molecule has 2 amide bonds. The summed E-state index contributed by atoms with van der Waals surface area (Å²) in [7, 11) is 0. The molecule has 19 heavy (non-hydrogen) atoms. The lowest BCUT2D eigenvalue weighted by atomic mass is 10.3. The molecule has 0 aliphatic heterocycles. The van der Waals surface area contributed by atoms with Crippen molar-refractivity contribution in [3.63, 3.8) is 0 Å². The fourth-order valence-electron chi connectivity index (χ4n) is 1.34. The summed E-state index contributed by atoms with van der Waals surface area (Å²) in [5, 5.41) is 18.2. The smallest absolute Gasteiger partial charge is 0.319 e. The summed E-state index contributed by atoms with van der Waals surface area (Å²) < 4.78 is 0. The Kier molecular flexibility index (Phi) is 6.94. The van der Waals surface area contributed by atoms with Crippen molar-refractivity contribution in [3.05, 3.63) is 28.2 Å². The highest BCUT2D eigenvalue weighted by molar-refractivity contribution is 6.35. The number of halogens is 2. The lowest BCUT2D eigenvalue weighted by molar-refractivity contribution is 0.191. The monoisotopic (exact) mass is 305 g/mol. The van der Waals surface area contributed by atoms with Gasteiger partial charge in [-0.3, -0.25) is 0 Å². The van der Waals surface area contributed by atoms with Gasteiger partial charge in [0.25, 0.3) is 0 Å². The van der Waals surface area contributed by atoms with Gasteiger partial charge in [-0.05, 0) is 25.1 Å². The van der Waals surface area contributed by atoms with E-state index in [1.54, 1.807) is 25.1 Å². The Hall–Kier alpha value is -1.01. The summed E-state index contributed by atoms with van der Waals surface area (Å²) in [5.74, 6) is 0. The van der Waals surface area contributed by atoms with Crippen LogP contribution in [0.5, 0.6) is 0 Å². The van der Waals surface area contributed by atoms with Crippen molar-refractivity contribution in [1.29, 1.82) is 0 Å². The molecule has 0 aliphatic rings. The first-order valence-electron chi connectivity index (χ1n) is 5.87. The van der Waals surface area contributed by atoms with Crippen molar-refractivity contribution >= 4 is 34.9 Å². The minimum absolute atomic E-state index is 0.358. The first kappa shape index (κ1) is 16.0. The Balaban J connectivity index is 2.29. The number of aliphatic hydroxyl groups is 1. The van der Waals surface area contributed by atoms with Crippen molar-refractivity contribution in [2.45, 2.75) is 13.0 Å². The Morgan fingerprint density at radius 2 is 2.11 bits per heavy atom. The fourth-order valence-corrected chi connectivity index (χ4v) is 1.67. The minimum Gasteiger partial charge on any atom is -0.392 e. The molecule has 0 aliphatic carbocycles. The van der Waals surface area contributed by atoms with Gasteiger partial charge >= 0.3 is 6.03 Å². The first-order valence-corrected chi connectivity index (χ1v) is 6.63. The number of amides is 2. The molecular formula is C12H17Cl2N3O2. The van der Waals surface area contributed by atoms with E-state index in [1.165, 1.54) is 0 Å². The molecule has 0 heterocycles. The zero-order valence-corrected chi connectivity index (χ0v) is 12.1. The van der Waals surface area contributed by atoms with Crippen molar-refractivity contribution in [2.75, 3.05) is 25.0 Å². The second-order valence-corrected chi connectivity index (χ2v) is 4.90. The van der Waals surface area contributed by atoms with E-state index < -0.39 is 6.10 Å². The quantitative estimate of drug-likeness (QED) is 0.608. The average molecular weight is 306 g/mol. The topological polar surface area (TPSA) is 73.4 Å². The standard InChI is InChI=1S/C12H17Cl2N3O2/c1-8(18)7-15-4-5-16-12(19)17-11-6-9(13)2-3-10(11)14/h2-3,6,8,15,18H,4-5,7H2,1H3,(H2,16,17,19). The minimum atomic E-state index is -0.404. The number of aliphatic hydroxyl groups excluding tert-OH is 1. The van der Waals surface area contributed by atoms with Crippen LogP contribution in [0.1, 0.15) is 6.92 Å². The van der Waals surface area contributed by atoms with Crippen LogP contribution in [-0.4, -0.2) is 36.9 Å². The van der Waals surface area contributed by atoms with Gasteiger partial charge < -0.3 is 21.1 Å². The summed E-state index contributed by atoms with van der Waals surface area (Å²) in [6.07, 6.45) is -0.404. The van der Waals surface area contributed by atoms with Gasteiger partial charge in [0.15, 0.2) is 0 Å². The molecule has 7 heteroatoms. The predicted octanol–water partition coefficient (Wildman–Crippen LogP) is 2.09. The van der Waals surface area contributed by atoms with Crippen LogP contribution < -0.4 is 16.0 Å². The highest BCUT2D eigenvalue weighted by Gasteiger charge is 2.05. The third-order valence-electron chi connectivity index (χ3n) is 2.20. The molecule has 0 radical (unpaired) electrons. The Morgan fingerprint density at radius 3 is 2.79 bits per heavy atom. The number of hydrogen-bond acceptors (Lipinski definition) is 3. The third-order valence-corrected chi connectivity index (χ3v) is 2.77. The summed E-state index contributed by atoms with van der Waals surface area (Å²) in [6.45, 7) is 3.19. The second kappa shape index (κ2) is 8.22. The van der Waals surface area contributed by atoms with Gasteiger partial charge in [0, 0.05) is 24.7 Å². The molecule has 4 N–H and O–H groups in total. The van der Waals surface area contributed by atoms with E-state index in [0.717, 1.165) is 0 Å². The van der Waals surface area contributed by atoms with E-state index in [0.29, 0.717) is 35.4 Å². The van der Waals surface area contributed by atoms with Gasteiger partial charge in [-0.15, -0.1) is 0 Å². The third kappa shape index (κ3) is 6.63. The van der Waals surface area contributed by atoms with Gasteiger partial charge in [-0.1, -0.05) is 23.2 Å². The highest BCUT2D eigenvalue weighted by atomic mass is 35.5. The molecule has 0 bridgehead atoms. The van der Waals surface area contributed by atoms with Crippen LogP contribution in [0.2, 0.25) is 10.0 Å². The number of nitrogens with one attached hydrogen (secondary N) is 3. The Morgan fingerprint density at radius 1 is 1.37 bits per heavy atom. The zero-order chi connectivity index (χ0) is 14.3. The predicted molar refractivity (Wildman–Crippen MR) is 78.0 cm³/mol. The van der Waals surface area contributed by atoms with Crippen molar-refractivity contribution < 1.29 is 9.90 Å². The maximum absolute atomic E-state index is 11.6. The van der Waals surface area contributed by atoms with Crippen molar-refractivity contribution in [3.8, 4) is 0 Å². The van der Waals surface area contributed by atoms with E-state index in [1.807, 2.05) is 0 Å². The molecule has 106 valence electrons. The molecule has 0 fully saturated rings. The fraction of sp³-hybridized carbons (Fsp3) is 0.417. The normalized spacial score (nSPS) is 12.0. The average Bonchev–Trinajstić information content (AvgIpc) is 2.33. The molecule has 1 aromatic rings. The van der Waals surface area contributed by atoms with E-state index in [9.17, 15) is 4.79 Å². The van der Waals surface area contributed by atoms with E-state index in [4.69, 9.17) is 28.3 Å². The van der Waals surface area contributed by atoms with E-state index in [-0.39, 0.29) is 6.03 Å². The maximum Gasteiger partial charge on any atom is 0.319 e. The van der Waals surface area contributed by atoms with Crippen LogP contribution in [0.15, 0.2) is 18.2 Å². The van der Waals surface area contributed by atoms with Gasteiger partial charge in [0.05, 0.1) is 16.8 Å². The number of hydrogen-bond donors (Lipinski definition) is 4. The molecule has 0 saturated heterocycles. The number of rotatable bonds is 6. The summed E-state index contributed by atoms with van der Waals surface area (Å²) >= 11 is 11.7. The first-order chi connectivity index (χ1) is 8.99. The number of carbonyl (C=O) groups is 1.